The number of benzene rings is 2. The number of carbonyl (C=O) groups excluding carboxylic acids is 2. The van der Waals surface area contributed by atoms with E-state index in [0.29, 0.717) is 5.56 Å². The van der Waals surface area contributed by atoms with Gasteiger partial charge in [-0.15, -0.1) is 0 Å². The fourth-order valence-electron chi connectivity index (χ4n) is 4.82. The molecule has 2 amide bonds. The van der Waals surface area contributed by atoms with Crippen LogP contribution in [0.5, 0.6) is 0 Å². The van der Waals surface area contributed by atoms with E-state index in [-0.39, 0.29) is 36.4 Å². The maximum atomic E-state index is 13.6. The Labute approximate surface area is 192 Å². The molecule has 33 heavy (non-hydrogen) atoms. The van der Waals surface area contributed by atoms with E-state index in [1.165, 1.54) is 6.07 Å². The van der Waals surface area contributed by atoms with Gasteiger partial charge in [-0.1, -0.05) is 32.0 Å². The molecule has 1 heterocycles. The van der Waals surface area contributed by atoms with E-state index in [1.54, 1.807) is 11.0 Å². The van der Waals surface area contributed by atoms with Crippen LogP contribution in [0.3, 0.4) is 0 Å². The van der Waals surface area contributed by atoms with Gasteiger partial charge in [-0.25, -0.2) is 0 Å². The van der Waals surface area contributed by atoms with Crippen molar-refractivity contribution >= 4 is 23.2 Å². The van der Waals surface area contributed by atoms with Gasteiger partial charge in [0.25, 0.3) is 0 Å². The highest BCUT2D eigenvalue weighted by atomic mass is 19.4. The van der Waals surface area contributed by atoms with Gasteiger partial charge in [-0.3, -0.25) is 9.59 Å². The fourth-order valence-corrected chi connectivity index (χ4v) is 4.82. The zero-order chi connectivity index (χ0) is 24.1. The van der Waals surface area contributed by atoms with Gasteiger partial charge in [-0.2, -0.15) is 13.2 Å². The lowest BCUT2D eigenvalue weighted by Crippen LogP contribution is -2.43. The zero-order valence-corrected chi connectivity index (χ0v) is 19.3. The molecule has 2 aromatic rings. The van der Waals surface area contributed by atoms with Crippen molar-refractivity contribution in [3.05, 3.63) is 58.7 Å². The molecule has 2 fully saturated rings. The van der Waals surface area contributed by atoms with Crippen molar-refractivity contribution in [2.75, 3.05) is 16.8 Å². The van der Waals surface area contributed by atoms with E-state index in [2.05, 4.69) is 5.32 Å². The first-order valence-corrected chi connectivity index (χ1v) is 11.3. The fraction of sp³-hybridized carbons (Fsp3) is 0.462. The minimum atomic E-state index is -4.50. The first kappa shape index (κ1) is 23.3. The second kappa shape index (κ2) is 8.19. The number of rotatable bonds is 5. The number of nitrogens with zero attached hydrogens (tertiary/aromatic N) is 1. The molecule has 2 aromatic carbocycles. The Morgan fingerprint density at radius 2 is 1.76 bits per heavy atom. The number of aryl methyl sites for hydroxylation is 2. The summed E-state index contributed by atoms with van der Waals surface area (Å²) >= 11 is 0. The third-order valence-electron chi connectivity index (χ3n) is 7.06. The molecule has 1 aliphatic heterocycles. The summed E-state index contributed by atoms with van der Waals surface area (Å²) < 4.78 is 40.4. The van der Waals surface area contributed by atoms with Crippen molar-refractivity contribution in [2.24, 2.45) is 11.3 Å². The normalized spacial score (nSPS) is 21.1. The summed E-state index contributed by atoms with van der Waals surface area (Å²) in [6.07, 6.45) is -2.78. The number of para-hydroxylation sites is 1. The average molecular weight is 459 g/mol. The highest BCUT2D eigenvalue weighted by Crippen LogP contribution is 2.45. The average Bonchev–Trinajstić information content (AvgIpc) is 3.51. The SMILES string of the molecule is Cc1cccc(C)c1N1C[C@](C(=O)Nc2cc(C3CC3)cc(C(F)(F)F)c2)(C(C)C)CC1=O. The van der Waals surface area contributed by atoms with Crippen LogP contribution in [0, 0.1) is 25.2 Å². The summed E-state index contributed by atoms with van der Waals surface area (Å²) in [5, 5.41) is 2.75. The van der Waals surface area contributed by atoms with Crippen LogP contribution < -0.4 is 10.2 Å². The van der Waals surface area contributed by atoms with Gasteiger partial charge in [-0.05, 0) is 73.4 Å². The molecule has 1 saturated heterocycles. The number of alkyl halides is 3. The van der Waals surface area contributed by atoms with Crippen molar-refractivity contribution in [1.29, 1.82) is 0 Å². The Morgan fingerprint density at radius 1 is 1.12 bits per heavy atom. The Bertz CT molecular complexity index is 1080. The first-order valence-electron chi connectivity index (χ1n) is 11.3. The van der Waals surface area contributed by atoms with Crippen LogP contribution >= 0.6 is 0 Å². The summed E-state index contributed by atoms with van der Waals surface area (Å²) in [6, 6.07) is 9.56. The van der Waals surface area contributed by atoms with Crippen molar-refractivity contribution in [2.45, 2.75) is 59.1 Å². The molecule has 7 heteroatoms. The van der Waals surface area contributed by atoms with Gasteiger partial charge in [0.2, 0.25) is 11.8 Å². The lowest BCUT2D eigenvalue weighted by Gasteiger charge is -2.32. The number of halogens is 3. The van der Waals surface area contributed by atoms with E-state index >= 15 is 0 Å². The molecular formula is C26H29F3N2O2. The van der Waals surface area contributed by atoms with Gasteiger partial charge < -0.3 is 10.2 Å². The topological polar surface area (TPSA) is 49.4 Å². The Kier molecular flexibility index (Phi) is 5.79. The minimum Gasteiger partial charge on any atom is -0.326 e. The maximum absolute atomic E-state index is 13.6. The smallest absolute Gasteiger partial charge is 0.326 e. The molecule has 0 unspecified atom stereocenters. The molecule has 0 bridgehead atoms. The van der Waals surface area contributed by atoms with Crippen LogP contribution in [0.4, 0.5) is 24.5 Å². The molecule has 1 N–H and O–H groups in total. The molecule has 4 nitrogen and oxygen atoms in total. The highest BCUT2D eigenvalue weighted by molar-refractivity contribution is 6.06. The van der Waals surface area contributed by atoms with Crippen LogP contribution in [0.2, 0.25) is 0 Å². The second-order valence-corrected chi connectivity index (χ2v) is 9.78. The molecule has 1 aliphatic carbocycles. The van der Waals surface area contributed by atoms with Crippen molar-refractivity contribution in [1.82, 2.24) is 0 Å². The number of carbonyl (C=O) groups is 2. The summed E-state index contributed by atoms with van der Waals surface area (Å²) in [7, 11) is 0. The van der Waals surface area contributed by atoms with Gasteiger partial charge in [0.15, 0.2) is 0 Å². The van der Waals surface area contributed by atoms with Gasteiger partial charge in [0.1, 0.15) is 0 Å². The number of amides is 2. The molecule has 176 valence electrons. The second-order valence-electron chi connectivity index (χ2n) is 9.78. The quantitative estimate of drug-likeness (QED) is 0.579. The van der Waals surface area contributed by atoms with Gasteiger partial charge >= 0.3 is 6.18 Å². The molecular weight excluding hydrogens is 429 g/mol. The summed E-state index contributed by atoms with van der Waals surface area (Å²) in [6.45, 7) is 7.79. The van der Waals surface area contributed by atoms with Gasteiger partial charge in [0, 0.05) is 24.3 Å². The molecule has 1 saturated carbocycles. The number of hydrogen-bond acceptors (Lipinski definition) is 2. The number of anilines is 2. The summed E-state index contributed by atoms with van der Waals surface area (Å²) in [4.78, 5) is 28.3. The third kappa shape index (κ3) is 4.37. The lowest BCUT2D eigenvalue weighted by molar-refractivity contribution is -0.137. The lowest BCUT2D eigenvalue weighted by atomic mass is 9.75. The molecule has 0 radical (unpaired) electrons. The Morgan fingerprint density at radius 3 is 2.30 bits per heavy atom. The van der Waals surface area contributed by atoms with E-state index in [0.717, 1.165) is 35.7 Å². The van der Waals surface area contributed by atoms with Crippen molar-refractivity contribution < 1.29 is 22.8 Å². The molecule has 4 rings (SSSR count). The van der Waals surface area contributed by atoms with Gasteiger partial charge in [0.05, 0.1) is 11.0 Å². The van der Waals surface area contributed by atoms with E-state index < -0.39 is 23.1 Å². The van der Waals surface area contributed by atoms with E-state index in [9.17, 15) is 22.8 Å². The maximum Gasteiger partial charge on any atom is 0.416 e. The van der Waals surface area contributed by atoms with Crippen molar-refractivity contribution in [3.63, 3.8) is 0 Å². The van der Waals surface area contributed by atoms with Crippen LogP contribution in [0.15, 0.2) is 36.4 Å². The standard InChI is InChI=1S/C26H29F3N2O2/c1-15(2)25(13-22(32)31(14-25)23-16(3)6-5-7-17(23)4)24(33)30-21-11-19(18-8-9-18)10-20(12-21)26(27,28)29/h5-7,10-12,15,18H,8-9,13-14H2,1-4H3,(H,30,33)/t25-/m0/s1. The van der Waals surface area contributed by atoms with Crippen LogP contribution in [0.25, 0.3) is 0 Å². The Hall–Kier alpha value is -2.83. The zero-order valence-electron chi connectivity index (χ0n) is 19.3. The first-order chi connectivity index (χ1) is 15.4. The largest absolute Gasteiger partial charge is 0.416 e. The molecule has 2 aliphatic rings. The van der Waals surface area contributed by atoms with Crippen LogP contribution in [-0.4, -0.2) is 18.4 Å². The van der Waals surface area contributed by atoms with Crippen molar-refractivity contribution in [3.8, 4) is 0 Å². The monoisotopic (exact) mass is 458 g/mol. The summed E-state index contributed by atoms with van der Waals surface area (Å²) in [5.74, 6) is -0.654. The summed E-state index contributed by atoms with van der Waals surface area (Å²) in [5.41, 5.74) is 1.60. The molecule has 1 atom stereocenters. The predicted molar refractivity (Wildman–Crippen MR) is 122 cm³/mol. The molecule has 0 aromatic heterocycles. The number of nitrogens with one attached hydrogen (secondary N) is 1. The minimum absolute atomic E-state index is 0.0126. The van der Waals surface area contributed by atoms with Crippen LogP contribution in [0.1, 0.15) is 61.3 Å². The van der Waals surface area contributed by atoms with Crippen LogP contribution in [-0.2, 0) is 15.8 Å². The van der Waals surface area contributed by atoms with E-state index in [4.69, 9.17) is 0 Å². The molecule has 0 spiro atoms. The highest BCUT2D eigenvalue weighted by Gasteiger charge is 2.52. The predicted octanol–water partition coefficient (Wildman–Crippen LogP) is 6.22. The Balaban J connectivity index is 1.66. The number of hydrogen-bond donors (Lipinski definition) is 1. The van der Waals surface area contributed by atoms with E-state index in [1.807, 2.05) is 45.9 Å². The third-order valence-corrected chi connectivity index (χ3v) is 7.06.